The van der Waals surface area contributed by atoms with Crippen LogP contribution in [0.1, 0.15) is 52.6 Å². The number of carbonyl (C=O) groups is 6. The van der Waals surface area contributed by atoms with E-state index < -0.39 is 11.9 Å². The monoisotopic (exact) mass is 1310 g/mol. The molecule has 0 spiro atoms. The predicted molar refractivity (Wildman–Crippen MR) is 365 cm³/mol. The summed E-state index contributed by atoms with van der Waals surface area (Å²) in [6.07, 6.45) is 3.66. The molecular formula is C74H63BrN6O12. The highest BCUT2D eigenvalue weighted by atomic mass is 79.9. The third-order valence-corrected chi connectivity index (χ3v) is 17.8. The van der Waals surface area contributed by atoms with Gasteiger partial charge in [0.2, 0.25) is 0 Å². The fourth-order valence-corrected chi connectivity index (χ4v) is 13.3. The Morgan fingerprint density at radius 3 is 1.28 bits per heavy atom. The van der Waals surface area contributed by atoms with Crippen molar-refractivity contribution < 1.29 is 57.2 Å². The first-order chi connectivity index (χ1) is 45.1. The molecule has 19 heteroatoms. The number of hydrogen-bond acceptors (Lipinski definition) is 12. The number of amides is 4. The molecule has 0 fully saturated rings. The van der Waals surface area contributed by atoms with Crippen molar-refractivity contribution in [2.45, 2.75) is 32.7 Å². The van der Waals surface area contributed by atoms with E-state index in [0.29, 0.717) is 91.1 Å². The standard InChI is InChI=1S/C37H31N3O6.C32H25N3O4.C5H7BrO2/c1-6-17-38-26-13-9-7-11-24(26)29-31-32(36(42)40(35(31)41)20-22-15-16-23(44-3)18-28(22)45-4)30-25-12-8-10-14-27(25)39(34(30)33(29)38)19-21(2)37(43)46-5;1-4-15-34-23-12-8-6-10-21(23)26-28-27(25-20-9-5-7-11-22(20)33-29(25)30(26)34)31(36)35(32(28)37)17-18-13-14-19(38-2)16-24(18)39-3;1-4(3-6)5(7)8-2/h6-16,18H,1-2,17,19-20H2,3-5H3;4-14,16,33H,1,15,17H2,2-3H3;1,3H2,2H3. The van der Waals surface area contributed by atoms with Gasteiger partial charge in [-0.2, -0.15) is 0 Å². The molecule has 0 unspecified atom stereocenters. The van der Waals surface area contributed by atoms with Crippen molar-refractivity contribution >= 4 is 139 Å². The van der Waals surface area contributed by atoms with Crippen molar-refractivity contribution in [2.24, 2.45) is 0 Å². The average molecular weight is 1310 g/mol. The number of nitrogens with one attached hydrogen (secondary N) is 1. The van der Waals surface area contributed by atoms with Gasteiger partial charge in [-0.25, -0.2) is 9.59 Å². The third kappa shape index (κ3) is 10.1. The summed E-state index contributed by atoms with van der Waals surface area (Å²) in [6.45, 7) is 16.6. The number of benzene rings is 8. The Morgan fingerprint density at radius 1 is 0.473 bits per heavy atom. The number of halogens is 1. The molecule has 2 aliphatic rings. The largest absolute Gasteiger partial charge is 0.497 e. The lowest BCUT2D eigenvalue weighted by Crippen LogP contribution is -2.29. The second-order valence-electron chi connectivity index (χ2n) is 22.1. The molecule has 0 saturated heterocycles. The second-order valence-corrected chi connectivity index (χ2v) is 22.7. The normalized spacial score (nSPS) is 12.6. The molecule has 8 aromatic carbocycles. The highest BCUT2D eigenvalue weighted by Crippen LogP contribution is 2.49. The zero-order valence-electron chi connectivity index (χ0n) is 51.9. The minimum absolute atomic E-state index is 0.00554. The van der Waals surface area contributed by atoms with Crippen molar-refractivity contribution in [1.29, 1.82) is 0 Å². The van der Waals surface area contributed by atoms with Gasteiger partial charge in [0.25, 0.3) is 23.6 Å². The van der Waals surface area contributed by atoms with Crippen LogP contribution in [0.15, 0.2) is 183 Å². The number of H-pyrrole nitrogens is 1. The Balaban J connectivity index is 0.000000162. The lowest BCUT2D eigenvalue weighted by molar-refractivity contribution is -0.137. The molecule has 4 aromatic heterocycles. The van der Waals surface area contributed by atoms with E-state index in [-0.39, 0.29) is 48.9 Å². The number of alkyl halides is 1. The highest BCUT2D eigenvalue weighted by Gasteiger charge is 2.44. The van der Waals surface area contributed by atoms with Gasteiger partial charge in [-0.1, -0.05) is 114 Å². The quantitative estimate of drug-likeness (QED) is 0.0298. The molecule has 0 bridgehead atoms. The SMILES string of the molecule is C=C(CBr)C(=O)OC.C=CCn1c2ccccc2c2c3c(c4c5ccccc5[nH]c4c21)C(=O)N(Cc1ccc(OC)cc1OC)C3=O.C=CCn1c2ccccc2c2c3c(c4c5ccccc5n(CC(=C)C(=O)OC)c4c21)C(=O)N(Cc1ccc(OC)cc1OC)C3=O. The van der Waals surface area contributed by atoms with E-state index in [1.165, 1.54) is 24.0 Å². The highest BCUT2D eigenvalue weighted by molar-refractivity contribution is 9.09. The van der Waals surface area contributed by atoms with Crippen LogP contribution in [0, 0.1) is 0 Å². The number of hydrogen-bond donors (Lipinski definition) is 1. The molecule has 14 rings (SSSR count). The van der Waals surface area contributed by atoms with Gasteiger partial charge in [0.05, 0.1) is 107 Å². The molecule has 0 radical (unpaired) electrons. The fourth-order valence-electron chi connectivity index (χ4n) is 13.1. The summed E-state index contributed by atoms with van der Waals surface area (Å²) >= 11 is 3.06. The van der Waals surface area contributed by atoms with Crippen LogP contribution in [0.5, 0.6) is 23.0 Å². The van der Waals surface area contributed by atoms with E-state index in [1.54, 1.807) is 64.8 Å². The van der Waals surface area contributed by atoms with Crippen molar-refractivity contribution in [3.8, 4) is 23.0 Å². The molecule has 0 saturated carbocycles. The maximum absolute atomic E-state index is 14.6. The van der Waals surface area contributed by atoms with Crippen molar-refractivity contribution in [3.63, 3.8) is 0 Å². The predicted octanol–water partition coefficient (Wildman–Crippen LogP) is 14.2. The maximum atomic E-state index is 14.6. The Bertz CT molecular complexity index is 5200. The van der Waals surface area contributed by atoms with Crippen molar-refractivity contribution in [2.75, 3.05) is 48.0 Å². The molecule has 0 aliphatic carbocycles. The lowest BCUT2D eigenvalue weighted by Gasteiger charge is -2.17. The number of nitrogens with zero attached hydrogens (tertiary/aromatic N) is 5. The second kappa shape index (κ2) is 25.2. The smallest absolute Gasteiger partial charge is 0.334 e. The van der Waals surface area contributed by atoms with Gasteiger partial charge < -0.3 is 47.1 Å². The van der Waals surface area contributed by atoms with Gasteiger partial charge in [0.1, 0.15) is 23.0 Å². The zero-order valence-corrected chi connectivity index (χ0v) is 53.5. The Kier molecular flexibility index (Phi) is 16.8. The summed E-state index contributed by atoms with van der Waals surface area (Å²) in [5.41, 5.74) is 10.5. The summed E-state index contributed by atoms with van der Waals surface area (Å²) in [7, 11) is 8.90. The van der Waals surface area contributed by atoms with E-state index in [1.807, 2.05) is 114 Å². The number of methoxy groups -OCH3 is 6. The van der Waals surface area contributed by atoms with Gasteiger partial charge >= 0.3 is 11.9 Å². The molecule has 1 N–H and O–H groups in total. The van der Waals surface area contributed by atoms with Crippen LogP contribution >= 0.6 is 15.9 Å². The number of para-hydroxylation sites is 4. The minimum atomic E-state index is -0.527. The summed E-state index contributed by atoms with van der Waals surface area (Å²) in [5.74, 6) is -0.0120. The number of esters is 2. The number of ether oxygens (including phenoxy) is 6. The van der Waals surface area contributed by atoms with Crippen LogP contribution in [0.25, 0.3) is 87.2 Å². The number of fused-ring (bicyclic) bond motifs is 20. The van der Waals surface area contributed by atoms with Crippen LogP contribution in [-0.2, 0) is 51.8 Å². The maximum Gasteiger partial charge on any atom is 0.334 e. The van der Waals surface area contributed by atoms with E-state index in [2.05, 4.69) is 61.1 Å². The molecule has 93 heavy (non-hydrogen) atoms. The first-order valence-electron chi connectivity index (χ1n) is 29.5. The zero-order chi connectivity index (χ0) is 65.7. The van der Waals surface area contributed by atoms with Gasteiger partial charge in [0, 0.05) is 118 Å². The molecule has 2 aliphatic heterocycles. The van der Waals surface area contributed by atoms with Crippen LogP contribution in [-0.4, -0.2) is 112 Å². The van der Waals surface area contributed by atoms with E-state index in [9.17, 15) is 28.8 Å². The Morgan fingerprint density at radius 2 is 0.860 bits per heavy atom. The van der Waals surface area contributed by atoms with Crippen molar-refractivity contribution in [1.82, 2.24) is 28.5 Å². The Hall–Kier alpha value is -11.2. The number of imide groups is 2. The molecule has 6 heterocycles. The first-order valence-corrected chi connectivity index (χ1v) is 30.6. The average Bonchev–Trinajstić information content (AvgIpc) is 1.53. The molecule has 12 aromatic rings. The van der Waals surface area contributed by atoms with Crippen LogP contribution in [0.2, 0.25) is 0 Å². The number of allylic oxidation sites excluding steroid dienone is 2. The number of rotatable bonds is 17. The molecule has 18 nitrogen and oxygen atoms in total. The number of aromatic nitrogens is 4. The summed E-state index contributed by atoms with van der Waals surface area (Å²) in [5, 5.41) is 6.80. The van der Waals surface area contributed by atoms with E-state index >= 15 is 0 Å². The van der Waals surface area contributed by atoms with Gasteiger partial charge in [-0.15, -0.1) is 13.2 Å². The lowest BCUT2D eigenvalue weighted by atomic mass is 9.96. The summed E-state index contributed by atoms with van der Waals surface area (Å²) in [6, 6.07) is 42.1. The Labute approximate surface area is 541 Å². The molecular weight excluding hydrogens is 1240 g/mol. The van der Waals surface area contributed by atoms with Crippen LogP contribution in [0.4, 0.5) is 0 Å². The third-order valence-electron chi connectivity index (χ3n) is 17.1. The topological polar surface area (TPSA) is 195 Å². The van der Waals surface area contributed by atoms with Crippen LogP contribution in [0.3, 0.4) is 0 Å². The van der Waals surface area contributed by atoms with Gasteiger partial charge in [-0.05, 0) is 48.5 Å². The first kappa shape index (κ1) is 62.0. The minimum Gasteiger partial charge on any atom is -0.497 e. The van der Waals surface area contributed by atoms with E-state index in [4.69, 9.17) is 23.7 Å². The number of aromatic amines is 1. The fraction of sp³-hybridized carbons (Fsp3) is 0.162. The molecule has 4 amide bonds. The summed E-state index contributed by atoms with van der Waals surface area (Å²) < 4.78 is 37.5. The van der Waals surface area contributed by atoms with Crippen molar-refractivity contribution in [3.05, 3.63) is 216 Å². The molecule has 0 atom stereocenters. The van der Waals surface area contributed by atoms with E-state index in [0.717, 1.165) is 76.5 Å². The molecule has 468 valence electrons. The number of carbonyl (C=O) groups excluding carboxylic acids is 6. The van der Waals surface area contributed by atoms with Gasteiger partial charge in [-0.3, -0.25) is 29.0 Å². The van der Waals surface area contributed by atoms with Gasteiger partial charge in [0.15, 0.2) is 0 Å². The van der Waals surface area contributed by atoms with Crippen LogP contribution < -0.4 is 18.9 Å². The summed E-state index contributed by atoms with van der Waals surface area (Å²) in [4.78, 5) is 86.8.